The maximum atomic E-state index is 13.0. The summed E-state index contributed by atoms with van der Waals surface area (Å²) in [5, 5.41) is 10.9. The van der Waals surface area contributed by atoms with Crippen LogP contribution in [0.15, 0.2) is 78.9 Å². The zero-order valence-corrected chi connectivity index (χ0v) is 17.5. The molecule has 0 aromatic heterocycles. The lowest BCUT2D eigenvalue weighted by Gasteiger charge is -2.36. The van der Waals surface area contributed by atoms with Crippen molar-refractivity contribution in [1.82, 2.24) is 0 Å². The molecule has 3 aromatic carbocycles. The van der Waals surface area contributed by atoms with Crippen molar-refractivity contribution in [2.45, 2.75) is 18.8 Å². The number of rotatable bonds is 5. The Bertz CT molecular complexity index is 1060. The number of carbonyl (C=O) groups is 1. The van der Waals surface area contributed by atoms with Gasteiger partial charge < -0.3 is 9.80 Å². The maximum absolute atomic E-state index is 13.0. The van der Waals surface area contributed by atoms with Crippen LogP contribution in [0.3, 0.4) is 0 Å². The number of carbonyl (C=O) groups excluding carboxylic acids is 1. The van der Waals surface area contributed by atoms with E-state index in [9.17, 15) is 14.9 Å². The molecule has 158 valence electrons. The number of hydrogen-bond donors (Lipinski definition) is 0. The molecule has 0 radical (unpaired) electrons. The van der Waals surface area contributed by atoms with Crippen LogP contribution in [0.2, 0.25) is 0 Å². The van der Waals surface area contributed by atoms with Crippen LogP contribution in [0.4, 0.5) is 17.1 Å². The van der Waals surface area contributed by atoms with Gasteiger partial charge in [-0.2, -0.15) is 0 Å². The number of non-ortho nitro benzene ring substituents is 1. The molecule has 1 aliphatic rings. The smallest absolute Gasteiger partial charge is 0.269 e. The molecule has 6 nitrogen and oxygen atoms in total. The van der Waals surface area contributed by atoms with Crippen LogP contribution in [0.1, 0.15) is 34.7 Å². The summed E-state index contributed by atoms with van der Waals surface area (Å²) in [7, 11) is 1.75. The topological polar surface area (TPSA) is 66.7 Å². The molecule has 1 aliphatic heterocycles. The van der Waals surface area contributed by atoms with E-state index in [2.05, 4.69) is 35.2 Å². The van der Waals surface area contributed by atoms with Crippen molar-refractivity contribution >= 4 is 23.0 Å². The van der Waals surface area contributed by atoms with E-state index in [1.165, 1.54) is 29.8 Å². The summed E-state index contributed by atoms with van der Waals surface area (Å²) in [5.41, 5.74) is 3.66. The molecule has 4 rings (SSSR count). The van der Waals surface area contributed by atoms with E-state index in [0.717, 1.165) is 37.3 Å². The van der Waals surface area contributed by atoms with Gasteiger partial charge in [-0.15, -0.1) is 0 Å². The first kappa shape index (κ1) is 20.6. The van der Waals surface area contributed by atoms with Crippen LogP contribution in [0.25, 0.3) is 0 Å². The van der Waals surface area contributed by atoms with E-state index in [-0.39, 0.29) is 11.6 Å². The number of para-hydroxylation sites is 2. The van der Waals surface area contributed by atoms with Crippen molar-refractivity contribution in [2.75, 3.05) is 29.9 Å². The molecule has 0 unspecified atom stereocenters. The Morgan fingerprint density at radius 1 is 0.935 bits per heavy atom. The van der Waals surface area contributed by atoms with Gasteiger partial charge >= 0.3 is 0 Å². The van der Waals surface area contributed by atoms with E-state index in [4.69, 9.17) is 0 Å². The Morgan fingerprint density at radius 3 is 2.19 bits per heavy atom. The highest BCUT2D eigenvalue weighted by molar-refractivity contribution is 6.07. The van der Waals surface area contributed by atoms with E-state index < -0.39 is 4.92 Å². The minimum Gasteiger partial charge on any atom is -0.370 e. The molecule has 0 atom stereocenters. The van der Waals surface area contributed by atoms with Gasteiger partial charge in [-0.1, -0.05) is 42.5 Å². The molecule has 1 heterocycles. The lowest BCUT2D eigenvalue weighted by Crippen LogP contribution is -2.35. The number of benzene rings is 3. The van der Waals surface area contributed by atoms with Crippen molar-refractivity contribution < 1.29 is 9.72 Å². The van der Waals surface area contributed by atoms with Gasteiger partial charge in [0.1, 0.15) is 0 Å². The number of nitrogens with zero attached hydrogens (tertiary/aromatic N) is 3. The number of piperidine rings is 1. The quantitative estimate of drug-likeness (QED) is 0.421. The van der Waals surface area contributed by atoms with Crippen LogP contribution >= 0.6 is 0 Å². The lowest BCUT2D eigenvalue weighted by molar-refractivity contribution is -0.384. The van der Waals surface area contributed by atoms with Crippen molar-refractivity contribution in [2.24, 2.45) is 0 Å². The lowest BCUT2D eigenvalue weighted by atomic mass is 9.89. The molecule has 0 aliphatic carbocycles. The van der Waals surface area contributed by atoms with E-state index in [0.29, 0.717) is 11.5 Å². The maximum Gasteiger partial charge on any atom is 0.269 e. The molecule has 6 heteroatoms. The zero-order valence-electron chi connectivity index (χ0n) is 17.5. The Labute approximate surface area is 181 Å². The largest absolute Gasteiger partial charge is 0.370 e. The molecular weight excluding hydrogens is 390 g/mol. The molecular formula is C25H25N3O3. The van der Waals surface area contributed by atoms with Crippen molar-refractivity contribution in [3.63, 3.8) is 0 Å². The number of amides is 1. The third-order valence-corrected chi connectivity index (χ3v) is 5.98. The van der Waals surface area contributed by atoms with Crippen LogP contribution in [-0.2, 0) is 0 Å². The van der Waals surface area contributed by atoms with Gasteiger partial charge in [0.15, 0.2) is 0 Å². The molecule has 0 spiro atoms. The molecule has 1 fully saturated rings. The van der Waals surface area contributed by atoms with Crippen LogP contribution < -0.4 is 9.80 Å². The van der Waals surface area contributed by atoms with Gasteiger partial charge in [0.05, 0.1) is 16.3 Å². The Hall–Kier alpha value is -3.67. The average molecular weight is 415 g/mol. The predicted molar refractivity (Wildman–Crippen MR) is 123 cm³/mol. The molecule has 0 N–H and O–H groups in total. The summed E-state index contributed by atoms with van der Waals surface area (Å²) in [6.07, 6.45) is 2.14. The summed E-state index contributed by atoms with van der Waals surface area (Å²) >= 11 is 0. The summed E-state index contributed by atoms with van der Waals surface area (Å²) < 4.78 is 0. The van der Waals surface area contributed by atoms with E-state index in [1.54, 1.807) is 11.9 Å². The van der Waals surface area contributed by atoms with Gasteiger partial charge in [-0.25, -0.2) is 0 Å². The fraction of sp³-hybridized carbons (Fsp3) is 0.240. The number of nitro groups is 1. The van der Waals surface area contributed by atoms with Gasteiger partial charge in [0.2, 0.25) is 0 Å². The summed E-state index contributed by atoms with van der Waals surface area (Å²) in [4.78, 5) is 27.4. The summed E-state index contributed by atoms with van der Waals surface area (Å²) in [6, 6.07) is 24.3. The van der Waals surface area contributed by atoms with Gasteiger partial charge in [0.25, 0.3) is 11.6 Å². The van der Waals surface area contributed by atoms with Crippen molar-refractivity contribution in [1.29, 1.82) is 0 Å². The van der Waals surface area contributed by atoms with E-state index >= 15 is 0 Å². The molecule has 0 bridgehead atoms. The zero-order chi connectivity index (χ0) is 21.8. The highest BCUT2D eigenvalue weighted by Crippen LogP contribution is 2.35. The normalized spacial score (nSPS) is 14.3. The van der Waals surface area contributed by atoms with Crippen molar-refractivity contribution in [3.05, 3.63) is 100 Å². The first-order valence-corrected chi connectivity index (χ1v) is 10.5. The SMILES string of the molecule is CN(C(=O)c1ccc([N+](=O)[O-])cc1)c1ccccc1N1CCC(c2ccccc2)CC1. The second-order valence-corrected chi connectivity index (χ2v) is 7.83. The fourth-order valence-electron chi connectivity index (χ4n) is 4.22. The van der Waals surface area contributed by atoms with Crippen molar-refractivity contribution in [3.8, 4) is 0 Å². The fourth-order valence-corrected chi connectivity index (χ4v) is 4.22. The summed E-state index contributed by atoms with van der Waals surface area (Å²) in [6.45, 7) is 1.85. The molecule has 1 saturated heterocycles. The highest BCUT2D eigenvalue weighted by Gasteiger charge is 2.24. The second kappa shape index (κ2) is 9.00. The number of anilines is 2. The van der Waals surface area contributed by atoms with Gasteiger partial charge in [-0.3, -0.25) is 14.9 Å². The second-order valence-electron chi connectivity index (χ2n) is 7.83. The van der Waals surface area contributed by atoms with Crippen LogP contribution in [-0.4, -0.2) is 31.0 Å². The summed E-state index contributed by atoms with van der Waals surface area (Å²) in [5.74, 6) is 0.366. The monoisotopic (exact) mass is 415 g/mol. The molecule has 3 aromatic rings. The van der Waals surface area contributed by atoms with Gasteiger partial charge in [0, 0.05) is 37.8 Å². The first-order valence-electron chi connectivity index (χ1n) is 10.5. The number of hydrogen-bond acceptors (Lipinski definition) is 4. The minimum absolute atomic E-state index is 0.0270. The third-order valence-electron chi connectivity index (χ3n) is 5.98. The van der Waals surface area contributed by atoms with Crippen LogP contribution in [0, 0.1) is 10.1 Å². The van der Waals surface area contributed by atoms with Crippen LogP contribution in [0.5, 0.6) is 0 Å². The standard InChI is InChI=1S/C25H25N3O3/c1-26(25(29)21-11-13-22(14-12-21)28(30)31)23-9-5-6-10-24(23)27-17-15-20(16-18-27)19-7-3-2-4-8-19/h2-14,20H,15-18H2,1H3. The Balaban J connectivity index is 1.50. The number of nitro benzene ring substituents is 1. The molecule has 1 amide bonds. The van der Waals surface area contributed by atoms with E-state index in [1.807, 2.05) is 24.3 Å². The first-order chi connectivity index (χ1) is 15.0. The molecule has 0 saturated carbocycles. The Morgan fingerprint density at radius 2 is 1.55 bits per heavy atom. The molecule has 31 heavy (non-hydrogen) atoms. The Kier molecular flexibility index (Phi) is 5.98. The minimum atomic E-state index is -0.466. The highest BCUT2D eigenvalue weighted by atomic mass is 16.6. The predicted octanol–water partition coefficient (Wildman–Crippen LogP) is 5.26. The average Bonchev–Trinajstić information content (AvgIpc) is 2.84. The van der Waals surface area contributed by atoms with Gasteiger partial charge in [-0.05, 0) is 48.6 Å². The third kappa shape index (κ3) is 4.43.